The molecule has 27 heavy (non-hydrogen) atoms. The largest absolute Gasteiger partial charge is 0.368 e. The van der Waals surface area contributed by atoms with Crippen molar-refractivity contribution in [3.05, 3.63) is 65.5 Å². The van der Waals surface area contributed by atoms with Gasteiger partial charge in [0, 0.05) is 51.2 Å². The van der Waals surface area contributed by atoms with Gasteiger partial charge in [-0.3, -0.25) is 14.7 Å². The molecule has 6 heteroatoms. The topological polar surface area (TPSA) is 48.5 Å². The lowest BCUT2D eigenvalue weighted by atomic mass is 10.2. The number of anilines is 1. The summed E-state index contributed by atoms with van der Waals surface area (Å²) in [4.78, 5) is 20.6. The first-order valence-corrected chi connectivity index (χ1v) is 9.68. The Morgan fingerprint density at radius 2 is 1.96 bits per heavy atom. The zero-order chi connectivity index (χ0) is 18.9. The Bertz CT molecular complexity index is 758. The quantitative estimate of drug-likeness (QED) is 0.588. The average Bonchev–Trinajstić information content (AvgIpc) is 2.71. The van der Waals surface area contributed by atoms with Crippen LogP contribution in [-0.4, -0.2) is 55.1 Å². The molecule has 0 bridgehead atoms. The minimum absolute atomic E-state index is 0.0672. The molecule has 1 N–H and O–H groups in total. The van der Waals surface area contributed by atoms with Crippen LogP contribution >= 0.6 is 11.6 Å². The fourth-order valence-electron chi connectivity index (χ4n) is 3.14. The van der Waals surface area contributed by atoms with Crippen LogP contribution in [0.25, 0.3) is 6.08 Å². The van der Waals surface area contributed by atoms with Crippen molar-refractivity contribution in [1.29, 1.82) is 0 Å². The highest BCUT2D eigenvalue weighted by Gasteiger charge is 2.18. The summed E-state index contributed by atoms with van der Waals surface area (Å²) in [5.41, 5.74) is 2.04. The summed E-state index contributed by atoms with van der Waals surface area (Å²) in [6.45, 7) is 5.65. The molecule has 1 fully saturated rings. The molecular weight excluding hydrogens is 360 g/mol. The number of halogens is 1. The predicted octanol–water partition coefficient (Wildman–Crippen LogP) is 3.08. The Hall–Kier alpha value is -2.37. The van der Waals surface area contributed by atoms with Gasteiger partial charge in [-0.05, 0) is 42.8 Å². The molecule has 1 aliphatic heterocycles. The number of rotatable bonds is 7. The number of carbonyl (C=O) groups is 1. The molecule has 1 aromatic heterocycles. The summed E-state index contributed by atoms with van der Waals surface area (Å²) in [5.74, 6) is -0.0672. The Labute approximate surface area is 165 Å². The standard InChI is InChI=1S/C21H25ClN4O/c22-19-6-1-2-7-20(19)26-15-13-25(14-16-26)12-4-11-24-21(27)9-8-18-5-3-10-23-17-18/h1-3,5-10,17H,4,11-16H2,(H,24,27)/b9-8-. The molecule has 0 unspecified atom stereocenters. The van der Waals surface area contributed by atoms with Gasteiger partial charge in [0.2, 0.25) is 5.91 Å². The fourth-order valence-corrected chi connectivity index (χ4v) is 3.40. The highest BCUT2D eigenvalue weighted by molar-refractivity contribution is 6.33. The van der Waals surface area contributed by atoms with E-state index in [1.807, 2.05) is 30.3 Å². The number of nitrogens with zero attached hydrogens (tertiary/aromatic N) is 3. The van der Waals surface area contributed by atoms with E-state index in [1.165, 1.54) is 0 Å². The van der Waals surface area contributed by atoms with E-state index in [2.05, 4.69) is 26.2 Å². The van der Waals surface area contributed by atoms with Crippen molar-refractivity contribution in [3.8, 4) is 0 Å². The summed E-state index contributed by atoms with van der Waals surface area (Å²) in [7, 11) is 0. The molecule has 1 aliphatic rings. The number of para-hydroxylation sites is 1. The lowest BCUT2D eigenvalue weighted by molar-refractivity contribution is -0.116. The van der Waals surface area contributed by atoms with Gasteiger partial charge in [0.25, 0.3) is 0 Å². The van der Waals surface area contributed by atoms with Crippen molar-refractivity contribution >= 4 is 29.3 Å². The van der Waals surface area contributed by atoms with Crippen molar-refractivity contribution in [2.45, 2.75) is 6.42 Å². The van der Waals surface area contributed by atoms with Crippen LogP contribution in [0.15, 0.2) is 54.9 Å². The summed E-state index contributed by atoms with van der Waals surface area (Å²) in [6.07, 6.45) is 7.71. The van der Waals surface area contributed by atoms with Crippen LogP contribution in [0.2, 0.25) is 5.02 Å². The third-order valence-electron chi connectivity index (χ3n) is 4.63. The van der Waals surface area contributed by atoms with E-state index in [9.17, 15) is 4.79 Å². The number of benzene rings is 1. The summed E-state index contributed by atoms with van der Waals surface area (Å²) in [6, 6.07) is 11.8. The van der Waals surface area contributed by atoms with E-state index in [-0.39, 0.29) is 5.91 Å². The van der Waals surface area contributed by atoms with Gasteiger partial charge in [0.1, 0.15) is 0 Å². The van der Waals surface area contributed by atoms with Crippen molar-refractivity contribution in [2.75, 3.05) is 44.2 Å². The molecule has 2 aromatic rings. The van der Waals surface area contributed by atoms with Gasteiger partial charge in [0.05, 0.1) is 10.7 Å². The third kappa shape index (κ3) is 6.08. The van der Waals surface area contributed by atoms with Gasteiger partial charge in [-0.25, -0.2) is 0 Å². The molecule has 0 aliphatic carbocycles. The number of aromatic nitrogens is 1. The zero-order valence-electron chi connectivity index (χ0n) is 15.4. The molecular formula is C21H25ClN4O. The van der Waals surface area contributed by atoms with E-state index in [0.29, 0.717) is 6.54 Å². The molecule has 5 nitrogen and oxygen atoms in total. The van der Waals surface area contributed by atoms with Crippen LogP contribution in [0, 0.1) is 0 Å². The zero-order valence-corrected chi connectivity index (χ0v) is 16.1. The minimum Gasteiger partial charge on any atom is -0.368 e. The van der Waals surface area contributed by atoms with E-state index in [0.717, 1.165) is 55.4 Å². The molecule has 0 atom stereocenters. The Morgan fingerprint density at radius 1 is 1.15 bits per heavy atom. The minimum atomic E-state index is -0.0672. The summed E-state index contributed by atoms with van der Waals surface area (Å²) < 4.78 is 0. The van der Waals surface area contributed by atoms with Gasteiger partial charge in [0.15, 0.2) is 0 Å². The highest BCUT2D eigenvalue weighted by Crippen LogP contribution is 2.25. The number of hydrogen-bond acceptors (Lipinski definition) is 4. The molecule has 0 radical (unpaired) electrons. The van der Waals surface area contributed by atoms with Crippen LogP contribution in [0.5, 0.6) is 0 Å². The first kappa shape index (κ1) is 19.4. The number of amides is 1. The maximum atomic E-state index is 11.8. The van der Waals surface area contributed by atoms with Crippen LogP contribution in [0.1, 0.15) is 12.0 Å². The normalized spacial score (nSPS) is 15.2. The molecule has 1 amide bonds. The van der Waals surface area contributed by atoms with Crippen molar-refractivity contribution in [2.24, 2.45) is 0 Å². The average molecular weight is 385 g/mol. The smallest absolute Gasteiger partial charge is 0.244 e. The van der Waals surface area contributed by atoms with Crippen molar-refractivity contribution < 1.29 is 4.79 Å². The van der Waals surface area contributed by atoms with Crippen LogP contribution in [0.3, 0.4) is 0 Å². The second-order valence-corrected chi connectivity index (χ2v) is 6.95. The SMILES string of the molecule is O=C(/C=C\c1cccnc1)NCCCN1CCN(c2ccccc2Cl)CC1. The number of carbonyl (C=O) groups excluding carboxylic acids is 1. The van der Waals surface area contributed by atoms with Gasteiger partial charge < -0.3 is 10.2 Å². The molecule has 3 rings (SSSR count). The molecule has 142 valence electrons. The van der Waals surface area contributed by atoms with Gasteiger partial charge in [-0.2, -0.15) is 0 Å². The Morgan fingerprint density at radius 3 is 2.70 bits per heavy atom. The predicted molar refractivity (Wildman–Crippen MR) is 111 cm³/mol. The van der Waals surface area contributed by atoms with Crippen molar-refractivity contribution in [3.63, 3.8) is 0 Å². The molecule has 1 saturated heterocycles. The van der Waals surface area contributed by atoms with Crippen LogP contribution in [-0.2, 0) is 4.79 Å². The maximum absolute atomic E-state index is 11.8. The number of nitrogens with one attached hydrogen (secondary N) is 1. The summed E-state index contributed by atoms with van der Waals surface area (Å²) in [5, 5.41) is 3.75. The lowest BCUT2D eigenvalue weighted by Gasteiger charge is -2.36. The first-order chi connectivity index (χ1) is 13.2. The van der Waals surface area contributed by atoms with Crippen molar-refractivity contribution in [1.82, 2.24) is 15.2 Å². The van der Waals surface area contributed by atoms with E-state index >= 15 is 0 Å². The maximum Gasteiger partial charge on any atom is 0.244 e. The first-order valence-electron chi connectivity index (χ1n) is 9.30. The second-order valence-electron chi connectivity index (χ2n) is 6.54. The van der Waals surface area contributed by atoms with E-state index in [4.69, 9.17) is 11.6 Å². The fraction of sp³-hybridized carbons (Fsp3) is 0.333. The lowest BCUT2D eigenvalue weighted by Crippen LogP contribution is -2.47. The molecule has 1 aromatic carbocycles. The monoisotopic (exact) mass is 384 g/mol. The Kier molecular flexibility index (Phi) is 7.25. The third-order valence-corrected chi connectivity index (χ3v) is 4.95. The molecule has 0 saturated carbocycles. The van der Waals surface area contributed by atoms with E-state index in [1.54, 1.807) is 24.5 Å². The molecule has 2 heterocycles. The number of pyridine rings is 1. The van der Waals surface area contributed by atoms with Crippen LogP contribution in [0.4, 0.5) is 5.69 Å². The molecule has 0 spiro atoms. The second kappa shape index (κ2) is 10.1. The number of hydrogen-bond donors (Lipinski definition) is 1. The van der Waals surface area contributed by atoms with Gasteiger partial charge in [-0.15, -0.1) is 0 Å². The van der Waals surface area contributed by atoms with Crippen LogP contribution < -0.4 is 10.2 Å². The van der Waals surface area contributed by atoms with Gasteiger partial charge >= 0.3 is 0 Å². The highest BCUT2D eigenvalue weighted by atomic mass is 35.5. The number of piperazine rings is 1. The van der Waals surface area contributed by atoms with Gasteiger partial charge in [-0.1, -0.05) is 29.8 Å². The van der Waals surface area contributed by atoms with E-state index < -0.39 is 0 Å². The Balaban J connectivity index is 1.32. The summed E-state index contributed by atoms with van der Waals surface area (Å²) >= 11 is 6.29.